The Morgan fingerprint density at radius 1 is 1.17 bits per heavy atom. The molecular formula is C24H31N2O4+. The molecule has 0 unspecified atom stereocenters. The van der Waals surface area contributed by atoms with Gasteiger partial charge in [-0.3, -0.25) is 4.79 Å². The highest BCUT2D eigenvalue weighted by Gasteiger charge is 2.25. The summed E-state index contributed by atoms with van der Waals surface area (Å²) < 4.78 is 16.5. The first-order valence-electron chi connectivity index (χ1n) is 10.8. The molecule has 0 radical (unpaired) electrons. The summed E-state index contributed by atoms with van der Waals surface area (Å²) in [6.45, 7) is 8.29. The molecule has 2 aromatic carbocycles. The third-order valence-corrected chi connectivity index (χ3v) is 5.95. The van der Waals surface area contributed by atoms with E-state index in [2.05, 4.69) is 18.2 Å². The molecule has 1 amide bonds. The van der Waals surface area contributed by atoms with E-state index in [0.29, 0.717) is 18.8 Å². The SMILES string of the molecule is CCOCc1cc(C(=O)N2CC[NH+](Cc3ccc4c(c3)CCO4)CC2)ccc1OC. The maximum absolute atomic E-state index is 13.0. The molecule has 1 fully saturated rings. The zero-order chi connectivity index (χ0) is 20.9. The van der Waals surface area contributed by atoms with Crippen molar-refractivity contribution in [3.63, 3.8) is 0 Å². The first kappa shape index (κ1) is 20.7. The second kappa shape index (κ2) is 9.49. The maximum Gasteiger partial charge on any atom is 0.254 e. The number of carbonyl (C=O) groups excluding carboxylic acids is 1. The van der Waals surface area contributed by atoms with Crippen LogP contribution in [0.15, 0.2) is 36.4 Å². The van der Waals surface area contributed by atoms with Gasteiger partial charge < -0.3 is 24.0 Å². The van der Waals surface area contributed by atoms with E-state index < -0.39 is 0 Å². The molecule has 0 spiro atoms. The van der Waals surface area contributed by atoms with Crippen LogP contribution in [-0.4, -0.2) is 57.3 Å². The Balaban J connectivity index is 1.35. The molecular weight excluding hydrogens is 380 g/mol. The zero-order valence-corrected chi connectivity index (χ0v) is 17.9. The number of nitrogens with one attached hydrogen (secondary N) is 1. The molecule has 0 aromatic heterocycles. The smallest absolute Gasteiger partial charge is 0.254 e. The molecule has 0 aliphatic carbocycles. The highest BCUT2D eigenvalue weighted by atomic mass is 16.5. The van der Waals surface area contributed by atoms with Crippen molar-refractivity contribution in [3.8, 4) is 11.5 Å². The van der Waals surface area contributed by atoms with Crippen molar-refractivity contribution >= 4 is 5.91 Å². The van der Waals surface area contributed by atoms with Gasteiger partial charge in [-0.25, -0.2) is 0 Å². The first-order chi connectivity index (χ1) is 14.7. The lowest BCUT2D eigenvalue weighted by Crippen LogP contribution is -3.13. The summed E-state index contributed by atoms with van der Waals surface area (Å²) >= 11 is 0. The minimum Gasteiger partial charge on any atom is -0.496 e. The minimum atomic E-state index is 0.0872. The predicted molar refractivity (Wildman–Crippen MR) is 114 cm³/mol. The summed E-state index contributed by atoms with van der Waals surface area (Å²) in [7, 11) is 1.64. The lowest BCUT2D eigenvalue weighted by molar-refractivity contribution is -0.917. The molecule has 1 saturated heterocycles. The third kappa shape index (κ3) is 4.60. The summed E-state index contributed by atoms with van der Waals surface area (Å²) in [6, 6.07) is 12.2. The number of rotatable bonds is 7. The first-order valence-corrected chi connectivity index (χ1v) is 10.8. The van der Waals surface area contributed by atoms with Crippen molar-refractivity contribution in [2.45, 2.75) is 26.5 Å². The normalized spacial score (nSPS) is 16.3. The number of ether oxygens (including phenoxy) is 3. The average molecular weight is 412 g/mol. The van der Waals surface area contributed by atoms with Crippen LogP contribution in [0.2, 0.25) is 0 Å². The topological polar surface area (TPSA) is 52.4 Å². The van der Waals surface area contributed by atoms with Gasteiger partial charge in [0, 0.05) is 29.7 Å². The van der Waals surface area contributed by atoms with Gasteiger partial charge in [-0.05, 0) is 48.9 Å². The molecule has 6 nitrogen and oxygen atoms in total. The fourth-order valence-corrected chi connectivity index (χ4v) is 4.26. The molecule has 30 heavy (non-hydrogen) atoms. The van der Waals surface area contributed by atoms with Crippen LogP contribution in [0.4, 0.5) is 0 Å². The number of amides is 1. The van der Waals surface area contributed by atoms with E-state index in [1.807, 2.05) is 30.0 Å². The van der Waals surface area contributed by atoms with Gasteiger partial charge in [0.25, 0.3) is 5.91 Å². The van der Waals surface area contributed by atoms with Crippen LogP contribution in [0.3, 0.4) is 0 Å². The maximum atomic E-state index is 13.0. The molecule has 2 aliphatic rings. The highest BCUT2D eigenvalue weighted by molar-refractivity contribution is 5.94. The number of quaternary nitrogens is 1. The molecule has 0 atom stereocenters. The van der Waals surface area contributed by atoms with Crippen molar-refractivity contribution in [2.24, 2.45) is 0 Å². The second-order valence-corrected chi connectivity index (χ2v) is 7.92. The van der Waals surface area contributed by atoms with Crippen LogP contribution in [0.1, 0.15) is 34.0 Å². The van der Waals surface area contributed by atoms with Crippen LogP contribution in [-0.2, 0) is 24.3 Å². The number of carbonyl (C=O) groups is 1. The molecule has 4 rings (SSSR count). The van der Waals surface area contributed by atoms with Crippen molar-refractivity contribution in [3.05, 3.63) is 58.7 Å². The van der Waals surface area contributed by atoms with Crippen molar-refractivity contribution in [1.82, 2.24) is 4.90 Å². The molecule has 160 valence electrons. The van der Waals surface area contributed by atoms with E-state index in [1.165, 1.54) is 16.0 Å². The monoisotopic (exact) mass is 411 g/mol. The summed E-state index contributed by atoms with van der Waals surface area (Å²) in [6.07, 6.45) is 1.01. The Morgan fingerprint density at radius 3 is 2.77 bits per heavy atom. The van der Waals surface area contributed by atoms with Crippen LogP contribution in [0.5, 0.6) is 11.5 Å². The summed E-state index contributed by atoms with van der Waals surface area (Å²) in [5.41, 5.74) is 4.29. The third-order valence-electron chi connectivity index (χ3n) is 5.95. The van der Waals surface area contributed by atoms with Crippen molar-refractivity contribution in [2.75, 3.05) is 46.5 Å². The number of nitrogens with zero attached hydrogens (tertiary/aromatic N) is 1. The minimum absolute atomic E-state index is 0.0872. The Hall–Kier alpha value is -2.57. The van der Waals surface area contributed by atoms with Gasteiger partial charge >= 0.3 is 0 Å². The Morgan fingerprint density at radius 2 is 2.00 bits per heavy atom. The number of piperazine rings is 1. The van der Waals surface area contributed by atoms with Crippen LogP contribution in [0, 0.1) is 0 Å². The molecule has 2 aromatic rings. The lowest BCUT2D eigenvalue weighted by atomic mass is 10.1. The standard InChI is InChI=1S/C24H30N2O4/c1-3-29-17-21-15-20(5-7-22(21)28-2)24(27)26-11-9-25(10-12-26)16-18-4-6-23-19(14-18)8-13-30-23/h4-7,14-15H,3,8-13,16-17H2,1-2H3/p+1. The van der Waals surface area contributed by atoms with Gasteiger partial charge in [0.2, 0.25) is 0 Å². The molecule has 2 heterocycles. The van der Waals surface area contributed by atoms with Gasteiger partial charge in [0.1, 0.15) is 18.0 Å². The zero-order valence-electron chi connectivity index (χ0n) is 17.9. The van der Waals surface area contributed by atoms with E-state index in [4.69, 9.17) is 14.2 Å². The summed E-state index contributed by atoms with van der Waals surface area (Å²) in [5, 5.41) is 0. The van der Waals surface area contributed by atoms with E-state index in [0.717, 1.165) is 62.8 Å². The van der Waals surface area contributed by atoms with Gasteiger partial charge in [-0.2, -0.15) is 0 Å². The fourth-order valence-electron chi connectivity index (χ4n) is 4.26. The van der Waals surface area contributed by atoms with Crippen molar-refractivity contribution < 1.29 is 23.9 Å². The van der Waals surface area contributed by atoms with Crippen LogP contribution >= 0.6 is 0 Å². The molecule has 0 bridgehead atoms. The van der Waals surface area contributed by atoms with Gasteiger partial charge in [0.05, 0.1) is 46.5 Å². The Labute approximate surface area is 178 Å². The Kier molecular flexibility index (Phi) is 6.55. The quantitative estimate of drug-likeness (QED) is 0.754. The summed E-state index contributed by atoms with van der Waals surface area (Å²) in [4.78, 5) is 16.5. The van der Waals surface area contributed by atoms with E-state index >= 15 is 0 Å². The predicted octanol–water partition coefficient (Wildman–Crippen LogP) is 1.71. The number of hydrogen-bond donors (Lipinski definition) is 1. The largest absolute Gasteiger partial charge is 0.496 e. The number of hydrogen-bond acceptors (Lipinski definition) is 4. The van der Waals surface area contributed by atoms with Crippen molar-refractivity contribution in [1.29, 1.82) is 0 Å². The van der Waals surface area contributed by atoms with E-state index in [9.17, 15) is 4.79 Å². The van der Waals surface area contributed by atoms with E-state index in [-0.39, 0.29) is 5.91 Å². The van der Waals surface area contributed by atoms with E-state index in [1.54, 1.807) is 7.11 Å². The molecule has 0 saturated carbocycles. The van der Waals surface area contributed by atoms with Crippen LogP contribution < -0.4 is 14.4 Å². The molecule has 2 aliphatic heterocycles. The van der Waals surface area contributed by atoms with Gasteiger partial charge in [-0.15, -0.1) is 0 Å². The number of benzene rings is 2. The molecule has 1 N–H and O–H groups in total. The fraction of sp³-hybridized carbons (Fsp3) is 0.458. The summed E-state index contributed by atoms with van der Waals surface area (Å²) in [5.74, 6) is 1.88. The van der Waals surface area contributed by atoms with Crippen LogP contribution in [0.25, 0.3) is 0 Å². The number of methoxy groups -OCH3 is 1. The average Bonchev–Trinajstić information content (AvgIpc) is 3.25. The highest BCUT2D eigenvalue weighted by Crippen LogP contribution is 2.25. The Bertz CT molecular complexity index is 891. The molecule has 6 heteroatoms. The van der Waals surface area contributed by atoms with Gasteiger partial charge in [0.15, 0.2) is 0 Å². The lowest BCUT2D eigenvalue weighted by Gasteiger charge is -2.32. The number of fused-ring (bicyclic) bond motifs is 1. The van der Waals surface area contributed by atoms with Gasteiger partial charge in [-0.1, -0.05) is 0 Å². The second-order valence-electron chi connectivity index (χ2n) is 7.92.